The average molecular weight is 248 g/mol. The number of methoxy groups -OCH3 is 1. The molecule has 3 nitrogen and oxygen atoms in total. The van der Waals surface area contributed by atoms with Gasteiger partial charge in [-0.3, -0.25) is 4.79 Å². The van der Waals surface area contributed by atoms with Gasteiger partial charge in [0, 0.05) is 5.56 Å². The van der Waals surface area contributed by atoms with Crippen LogP contribution in [0, 0.1) is 19.7 Å². The van der Waals surface area contributed by atoms with Crippen LogP contribution >= 0.6 is 0 Å². The van der Waals surface area contributed by atoms with E-state index in [9.17, 15) is 9.18 Å². The van der Waals surface area contributed by atoms with Crippen LogP contribution in [0.15, 0.2) is 28.7 Å². The molecule has 4 heteroatoms. The molecule has 1 aromatic carbocycles. The molecule has 0 atom stereocenters. The summed E-state index contributed by atoms with van der Waals surface area (Å²) in [6, 6.07) is 5.79. The van der Waals surface area contributed by atoms with E-state index in [2.05, 4.69) is 0 Å². The van der Waals surface area contributed by atoms with Crippen molar-refractivity contribution in [3.8, 4) is 5.75 Å². The van der Waals surface area contributed by atoms with E-state index in [0.29, 0.717) is 17.1 Å². The molecule has 0 spiro atoms. The zero-order chi connectivity index (χ0) is 13.3. The van der Waals surface area contributed by atoms with Crippen molar-refractivity contribution in [2.45, 2.75) is 13.8 Å². The van der Waals surface area contributed by atoms with Crippen LogP contribution in [0.2, 0.25) is 0 Å². The van der Waals surface area contributed by atoms with E-state index in [1.54, 1.807) is 19.9 Å². The van der Waals surface area contributed by atoms with Crippen LogP contribution in [0.1, 0.15) is 27.4 Å². The fourth-order valence-corrected chi connectivity index (χ4v) is 1.82. The summed E-state index contributed by atoms with van der Waals surface area (Å²) in [4.78, 5) is 12.2. The number of benzene rings is 1. The third kappa shape index (κ3) is 2.14. The maximum absolute atomic E-state index is 13.5. The van der Waals surface area contributed by atoms with Gasteiger partial charge in [-0.05, 0) is 38.1 Å². The number of ketones is 1. The largest absolute Gasteiger partial charge is 0.494 e. The number of aryl methyl sites for hydroxylation is 2. The number of rotatable bonds is 3. The Kier molecular flexibility index (Phi) is 3.19. The topological polar surface area (TPSA) is 39.4 Å². The van der Waals surface area contributed by atoms with E-state index < -0.39 is 5.82 Å². The number of hydrogen-bond acceptors (Lipinski definition) is 3. The molecule has 2 aromatic rings. The summed E-state index contributed by atoms with van der Waals surface area (Å²) in [7, 11) is 1.38. The summed E-state index contributed by atoms with van der Waals surface area (Å²) in [5.41, 5.74) is 0.731. The Hall–Kier alpha value is -2.10. The highest BCUT2D eigenvalue weighted by Crippen LogP contribution is 2.22. The average Bonchev–Trinajstić information content (AvgIpc) is 2.67. The molecule has 1 aromatic heterocycles. The molecule has 94 valence electrons. The number of hydrogen-bond donors (Lipinski definition) is 0. The van der Waals surface area contributed by atoms with E-state index in [1.165, 1.54) is 25.3 Å². The second-order valence-corrected chi connectivity index (χ2v) is 4.01. The Morgan fingerprint density at radius 3 is 2.50 bits per heavy atom. The first kappa shape index (κ1) is 12.4. The van der Waals surface area contributed by atoms with Gasteiger partial charge in [0.25, 0.3) is 0 Å². The molecule has 18 heavy (non-hydrogen) atoms. The van der Waals surface area contributed by atoms with E-state index in [4.69, 9.17) is 9.15 Å². The fourth-order valence-electron chi connectivity index (χ4n) is 1.82. The van der Waals surface area contributed by atoms with Crippen molar-refractivity contribution in [1.29, 1.82) is 0 Å². The molecule has 0 saturated heterocycles. The second-order valence-electron chi connectivity index (χ2n) is 4.01. The zero-order valence-electron chi connectivity index (χ0n) is 10.4. The van der Waals surface area contributed by atoms with E-state index in [1.807, 2.05) is 0 Å². The Morgan fingerprint density at radius 2 is 2.00 bits per heavy atom. The Labute approximate surface area is 104 Å². The molecule has 0 aliphatic carbocycles. The monoisotopic (exact) mass is 248 g/mol. The second kappa shape index (κ2) is 4.64. The lowest BCUT2D eigenvalue weighted by Gasteiger charge is -2.04. The molecular formula is C14H13FO3. The van der Waals surface area contributed by atoms with Gasteiger partial charge in [0.1, 0.15) is 11.5 Å². The predicted molar refractivity (Wildman–Crippen MR) is 64.6 cm³/mol. The quantitative estimate of drug-likeness (QED) is 0.782. The van der Waals surface area contributed by atoms with Crippen molar-refractivity contribution in [1.82, 2.24) is 0 Å². The highest BCUT2D eigenvalue weighted by molar-refractivity contribution is 6.09. The van der Waals surface area contributed by atoms with Gasteiger partial charge < -0.3 is 9.15 Å². The summed E-state index contributed by atoms with van der Waals surface area (Å²) in [5.74, 6) is 0.498. The van der Waals surface area contributed by atoms with Gasteiger partial charge >= 0.3 is 0 Å². The Morgan fingerprint density at radius 1 is 1.28 bits per heavy atom. The minimum Gasteiger partial charge on any atom is -0.494 e. The SMILES string of the molecule is COc1ccc(C(=O)c2cc(C)oc2C)cc1F. The van der Waals surface area contributed by atoms with Gasteiger partial charge in [0.05, 0.1) is 12.7 Å². The third-order valence-corrected chi connectivity index (χ3v) is 2.70. The summed E-state index contributed by atoms with van der Waals surface area (Å²) < 4.78 is 23.6. The molecule has 0 saturated carbocycles. The van der Waals surface area contributed by atoms with Gasteiger partial charge in [0.2, 0.25) is 0 Å². The lowest BCUT2D eigenvalue weighted by Crippen LogP contribution is -2.02. The van der Waals surface area contributed by atoms with Crippen molar-refractivity contribution < 1.29 is 18.3 Å². The van der Waals surface area contributed by atoms with E-state index in [0.717, 1.165) is 0 Å². The van der Waals surface area contributed by atoms with Crippen LogP contribution in [0.25, 0.3) is 0 Å². The normalized spacial score (nSPS) is 10.4. The van der Waals surface area contributed by atoms with Crippen molar-refractivity contribution >= 4 is 5.78 Å². The van der Waals surface area contributed by atoms with E-state index in [-0.39, 0.29) is 17.1 Å². The first-order valence-corrected chi connectivity index (χ1v) is 5.48. The number of carbonyl (C=O) groups excluding carboxylic acids is 1. The number of furan rings is 1. The number of halogens is 1. The maximum atomic E-state index is 13.5. The van der Waals surface area contributed by atoms with Gasteiger partial charge in [0.15, 0.2) is 17.3 Å². The maximum Gasteiger partial charge on any atom is 0.196 e. The predicted octanol–water partition coefficient (Wildman–Crippen LogP) is 3.28. The molecule has 1 heterocycles. The summed E-state index contributed by atoms with van der Waals surface area (Å²) in [6.45, 7) is 3.47. The molecule has 0 aliphatic heterocycles. The van der Waals surface area contributed by atoms with Crippen molar-refractivity contribution in [3.63, 3.8) is 0 Å². The standard InChI is InChI=1S/C14H13FO3/c1-8-6-11(9(2)18-8)14(16)10-4-5-13(17-3)12(15)7-10/h4-7H,1-3H3. The number of ether oxygens (including phenoxy) is 1. The molecule has 0 aliphatic rings. The lowest BCUT2D eigenvalue weighted by molar-refractivity contribution is 0.103. The minimum absolute atomic E-state index is 0.117. The molecule has 0 N–H and O–H groups in total. The first-order chi connectivity index (χ1) is 8.52. The summed E-state index contributed by atoms with van der Waals surface area (Å²) in [5, 5.41) is 0. The van der Waals surface area contributed by atoms with Gasteiger partial charge in [-0.25, -0.2) is 4.39 Å². The highest BCUT2D eigenvalue weighted by atomic mass is 19.1. The third-order valence-electron chi connectivity index (χ3n) is 2.70. The molecule has 0 fully saturated rings. The van der Waals surface area contributed by atoms with E-state index >= 15 is 0 Å². The van der Waals surface area contributed by atoms with Crippen LogP contribution in [0.4, 0.5) is 4.39 Å². The Bertz CT molecular complexity index is 599. The van der Waals surface area contributed by atoms with Crippen molar-refractivity contribution in [3.05, 3.63) is 52.7 Å². The smallest absolute Gasteiger partial charge is 0.196 e. The van der Waals surface area contributed by atoms with Crippen LogP contribution in [0.3, 0.4) is 0 Å². The number of carbonyl (C=O) groups is 1. The van der Waals surface area contributed by atoms with Crippen LogP contribution in [0.5, 0.6) is 5.75 Å². The molecule has 0 radical (unpaired) electrons. The van der Waals surface area contributed by atoms with Crippen molar-refractivity contribution in [2.75, 3.05) is 7.11 Å². The molecule has 2 rings (SSSR count). The van der Waals surface area contributed by atoms with Crippen LogP contribution < -0.4 is 4.74 Å². The summed E-state index contributed by atoms with van der Waals surface area (Å²) in [6.07, 6.45) is 0. The highest BCUT2D eigenvalue weighted by Gasteiger charge is 2.17. The molecule has 0 bridgehead atoms. The Balaban J connectivity index is 2.40. The van der Waals surface area contributed by atoms with Gasteiger partial charge in [-0.1, -0.05) is 0 Å². The molecular weight excluding hydrogens is 235 g/mol. The summed E-state index contributed by atoms with van der Waals surface area (Å²) >= 11 is 0. The van der Waals surface area contributed by atoms with Crippen LogP contribution in [-0.4, -0.2) is 12.9 Å². The van der Waals surface area contributed by atoms with Gasteiger partial charge in [-0.15, -0.1) is 0 Å². The van der Waals surface area contributed by atoms with Crippen molar-refractivity contribution in [2.24, 2.45) is 0 Å². The van der Waals surface area contributed by atoms with Gasteiger partial charge in [-0.2, -0.15) is 0 Å². The zero-order valence-corrected chi connectivity index (χ0v) is 10.4. The van der Waals surface area contributed by atoms with Crippen LogP contribution in [-0.2, 0) is 0 Å². The fraction of sp³-hybridized carbons (Fsp3) is 0.214. The lowest BCUT2D eigenvalue weighted by atomic mass is 10.0. The molecule has 0 amide bonds. The first-order valence-electron chi connectivity index (χ1n) is 5.48. The minimum atomic E-state index is -0.554. The molecule has 0 unspecified atom stereocenters.